The van der Waals surface area contributed by atoms with E-state index in [0.717, 1.165) is 0 Å². The highest BCUT2D eigenvalue weighted by molar-refractivity contribution is 7.89. The number of carbonyl (C=O) groups excluding carboxylic acids is 1. The average molecular weight is 340 g/mol. The van der Waals surface area contributed by atoms with Crippen LogP contribution in [0.3, 0.4) is 0 Å². The van der Waals surface area contributed by atoms with E-state index in [4.69, 9.17) is 27.9 Å². The van der Waals surface area contributed by atoms with Crippen molar-refractivity contribution >= 4 is 39.2 Å². The molecule has 112 valence electrons. The van der Waals surface area contributed by atoms with Gasteiger partial charge in [0.25, 0.3) is 0 Å². The number of nitrogens with one attached hydrogen (secondary N) is 1. The molecule has 1 unspecified atom stereocenters. The lowest BCUT2D eigenvalue weighted by Crippen LogP contribution is -2.34. The highest BCUT2D eigenvalue weighted by atomic mass is 35.5. The molecule has 0 saturated heterocycles. The highest BCUT2D eigenvalue weighted by Crippen LogP contribution is 2.25. The van der Waals surface area contributed by atoms with E-state index in [0.29, 0.717) is 5.02 Å². The molecule has 0 fully saturated rings. The predicted octanol–water partition coefficient (Wildman–Crippen LogP) is 2.61. The molecule has 0 bridgehead atoms. The van der Waals surface area contributed by atoms with Crippen molar-refractivity contribution in [3.8, 4) is 0 Å². The van der Waals surface area contributed by atoms with Crippen LogP contribution in [0.4, 0.5) is 0 Å². The first-order chi connectivity index (χ1) is 9.26. The fourth-order valence-electron chi connectivity index (χ4n) is 1.53. The molecule has 0 saturated carbocycles. The number of ether oxygens (including phenoxy) is 1. The molecular weight excluding hydrogens is 325 g/mol. The van der Waals surface area contributed by atoms with Gasteiger partial charge in [-0.1, -0.05) is 23.2 Å². The Bertz CT molecular complexity index is 589. The van der Waals surface area contributed by atoms with Gasteiger partial charge in [0.2, 0.25) is 10.0 Å². The van der Waals surface area contributed by atoms with Crippen molar-refractivity contribution in [2.75, 3.05) is 6.61 Å². The van der Waals surface area contributed by atoms with E-state index in [9.17, 15) is 13.2 Å². The number of benzene rings is 1. The summed E-state index contributed by atoms with van der Waals surface area (Å²) in [5.41, 5.74) is 0. The maximum absolute atomic E-state index is 12.1. The number of sulfonamides is 1. The van der Waals surface area contributed by atoms with E-state index in [1.54, 1.807) is 13.8 Å². The number of esters is 1. The molecule has 0 aliphatic rings. The quantitative estimate of drug-likeness (QED) is 0.808. The van der Waals surface area contributed by atoms with Crippen LogP contribution in [0.5, 0.6) is 0 Å². The van der Waals surface area contributed by atoms with E-state index in [1.165, 1.54) is 18.2 Å². The molecular formula is C12H15Cl2NO4S. The first-order valence-corrected chi connectivity index (χ1v) is 8.13. The van der Waals surface area contributed by atoms with Gasteiger partial charge in [0.05, 0.1) is 18.1 Å². The van der Waals surface area contributed by atoms with Crippen LogP contribution in [0.15, 0.2) is 23.1 Å². The van der Waals surface area contributed by atoms with Gasteiger partial charge < -0.3 is 4.74 Å². The van der Waals surface area contributed by atoms with E-state index in [2.05, 4.69) is 4.72 Å². The zero-order valence-corrected chi connectivity index (χ0v) is 13.3. The zero-order chi connectivity index (χ0) is 15.3. The van der Waals surface area contributed by atoms with Crippen molar-refractivity contribution in [3.63, 3.8) is 0 Å². The lowest BCUT2D eigenvalue weighted by molar-refractivity contribution is -0.143. The molecule has 1 aromatic rings. The zero-order valence-electron chi connectivity index (χ0n) is 11.0. The molecule has 1 atom stereocenters. The van der Waals surface area contributed by atoms with Crippen molar-refractivity contribution in [3.05, 3.63) is 28.2 Å². The van der Waals surface area contributed by atoms with E-state index in [-0.39, 0.29) is 22.9 Å². The summed E-state index contributed by atoms with van der Waals surface area (Å²) in [6, 6.07) is 3.47. The van der Waals surface area contributed by atoms with Crippen molar-refractivity contribution in [2.24, 2.45) is 0 Å². The normalized spacial score (nSPS) is 13.0. The summed E-state index contributed by atoms with van der Waals surface area (Å²) in [4.78, 5) is 11.2. The minimum absolute atomic E-state index is 0.0216. The first-order valence-electron chi connectivity index (χ1n) is 5.89. The van der Waals surface area contributed by atoms with Crippen molar-refractivity contribution < 1.29 is 17.9 Å². The van der Waals surface area contributed by atoms with Gasteiger partial charge in [-0.05, 0) is 32.0 Å². The number of hydrogen-bond donors (Lipinski definition) is 1. The molecule has 0 aliphatic carbocycles. The van der Waals surface area contributed by atoms with E-state index in [1.807, 2.05) is 0 Å². The van der Waals surface area contributed by atoms with Crippen LogP contribution in [0.25, 0.3) is 0 Å². The summed E-state index contributed by atoms with van der Waals surface area (Å²) in [5, 5.41) is 0.363. The Balaban J connectivity index is 2.82. The van der Waals surface area contributed by atoms with Gasteiger partial charge in [0, 0.05) is 11.1 Å². The number of hydrogen-bond acceptors (Lipinski definition) is 4. The number of halogens is 2. The average Bonchev–Trinajstić information content (AvgIpc) is 2.26. The van der Waals surface area contributed by atoms with Crippen LogP contribution in [-0.4, -0.2) is 27.0 Å². The Labute approximate surface area is 128 Å². The first kappa shape index (κ1) is 17.2. The van der Waals surface area contributed by atoms with Crippen LogP contribution in [0.1, 0.15) is 20.3 Å². The van der Waals surface area contributed by atoms with Crippen LogP contribution in [0.2, 0.25) is 10.0 Å². The van der Waals surface area contributed by atoms with Crippen LogP contribution >= 0.6 is 23.2 Å². The summed E-state index contributed by atoms with van der Waals surface area (Å²) in [5.74, 6) is -0.468. The molecule has 0 radical (unpaired) electrons. The van der Waals surface area contributed by atoms with Gasteiger partial charge in [-0.15, -0.1) is 0 Å². The van der Waals surface area contributed by atoms with Crippen LogP contribution in [-0.2, 0) is 19.6 Å². The second kappa shape index (κ2) is 7.26. The third-order valence-corrected chi connectivity index (χ3v) is 4.63. The third kappa shape index (κ3) is 4.94. The third-order valence-electron chi connectivity index (χ3n) is 2.32. The fourth-order valence-corrected chi connectivity index (χ4v) is 3.55. The molecule has 1 rings (SSSR count). The minimum Gasteiger partial charge on any atom is -0.466 e. The summed E-state index contributed by atoms with van der Waals surface area (Å²) in [6.45, 7) is 3.50. The maximum Gasteiger partial charge on any atom is 0.307 e. The van der Waals surface area contributed by atoms with Crippen molar-refractivity contribution in [2.45, 2.75) is 31.2 Å². The van der Waals surface area contributed by atoms with Gasteiger partial charge in [-0.25, -0.2) is 13.1 Å². The Hall–Kier alpha value is -0.820. The molecule has 5 nitrogen and oxygen atoms in total. The SMILES string of the molecule is CCOC(=O)CC(C)NS(=O)(=O)c1ccc(Cl)cc1Cl. The largest absolute Gasteiger partial charge is 0.466 e. The second-order valence-corrected chi connectivity index (χ2v) is 6.63. The lowest BCUT2D eigenvalue weighted by Gasteiger charge is -2.14. The molecule has 1 N–H and O–H groups in total. The van der Waals surface area contributed by atoms with Crippen LogP contribution in [0, 0.1) is 0 Å². The monoisotopic (exact) mass is 339 g/mol. The smallest absolute Gasteiger partial charge is 0.307 e. The Kier molecular flexibility index (Phi) is 6.26. The molecule has 0 aliphatic heterocycles. The van der Waals surface area contributed by atoms with Gasteiger partial charge in [-0.2, -0.15) is 0 Å². The molecule has 0 aromatic heterocycles. The molecule has 1 aromatic carbocycles. The summed E-state index contributed by atoms with van der Waals surface area (Å²) in [7, 11) is -3.82. The Morgan fingerprint density at radius 2 is 2.05 bits per heavy atom. The number of rotatable bonds is 6. The van der Waals surface area contributed by atoms with Gasteiger partial charge in [-0.3, -0.25) is 4.79 Å². The summed E-state index contributed by atoms with van der Waals surface area (Å²) in [6.07, 6.45) is -0.0573. The van der Waals surface area contributed by atoms with Crippen molar-refractivity contribution in [1.82, 2.24) is 4.72 Å². The standard InChI is InChI=1S/C12H15Cl2NO4S/c1-3-19-12(16)6-8(2)15-20(17,18)11-5-4-9(13)7-10(11)14/h4-5,7-8,15H,3,6H2,1-2H3. The maximum atomic E-state index is 12.1. The van der Waals surface area contributed by atoms with Gasteiger partial charge in [0.1, 0.15) is 4.90 Å². The summed E-state index contributed by atoms with van der Waals surface area (Å²) < 4.78 is 31.4. The molecule has 0 amide bonds. The molecule has 0 heterocycles. The highest BCUT2D eigenvalue weighted by Gasteiger charge is 2.22. The van der Waals surface area contributed by atoms with Gasteiger partial charge in [0.15, 0.2) is 0 Å². The Morgan fingerprint density at radius 3 is 2.60 bits per heavy atom. The molecule has 20 heavy (non-hydrogen) atoms. The number of carbonyl (C=O) groups is 1. The fraction of sp³-hybridized carbons (Fsp3) is 0.417. The topological polar surface area (TPSA) is 72.5 Å². The van der Waals surface area contributed by atoms with Crippen LogP contribution < -0.4 is 4.72 Å². The summed E-state index contributed by atoms with van der Waals surface area (Å²) >= 11 is 11.6. The minimum atomic E-state index is -3.82. The molecule has 8 heteroatoms. The lowest BCUT2D eigenvalue weighted by atomic mass is 10.3. The second-order valence-electron chi connectivity index (χ2n) is 4.11. The predicted molar refractivity (Wildman–Crippen MR) is 77.5 cm³/mol. The van der Waals surface area contributed by atoms with Crippen molar-refractivity contribution in [1.29, 1.82) is 0 Å². The van der Waals surface area contributed by atoms with E-state index < -0.39 is 22.0 Å². The molecule has 0 spiro atoms. The van der Waals surface area contributed by atoms with E-state index >= 15 is 0 Å². The van der Waals surface area contributed by atoms with Gasteiger partial charge >= 0.3 is 5.97 Å². The Morgan fingerprint density at radius 1 is 1.40 bits per heavy atom.